The van der Waals surface area contributed by atoms with Crippen molar-refractivity contribution >= 4 is 5.91 Å². The summed E-state index contributed by atoms with van der Waals surface area (Å²) in [5.74, 6) is -0.169. The number of ether oxygens (including phenoxy) is 2. The van der Waals surface area contributed by atoms with Crippen LogP contribution in [0.4, 0.5) is 0 Å². The first-order chi connectivity index (χ1) is 35.8. The molecule has 9 heteroatoms. The third-order valence-corrected chi connectivity index (χ3v) is 15.9. The second kappa shape index (κ2) is 54.3. The van der Waals surface area contributed by atoms with Crippen molar-refractivity contribution in [3.05, 3.63) is 12.2 Å². The fraction of sp³-hybridized carbons (Fsp3) is 0.953. The maximum Gasteiger partial charge on any atom is 0.220 e. The summed E-state index contributed by atoms with van der Waals surface area (Å²) in [6.07, 6.45) is 61.8. The van der Waals surface area contributed by atoms with Crippen LogP contribution in [0.1, 0.15) is 335 Å². The number of aliphatic hydroxyl groups excluding tert-OH is 5. The molecular weight excluding hydrogens is 911 g/mol. The average molecular weight is 1040 g/mol. The zero-order valence-corrected chi connectivity index (χ0v) is 48.4. The fourth-order valence-electron chi connectivity index (χ4n) is 10.8. The van der Waals surface area contributed by atoms with Crippen LogP contribution in [0.5, 0.6) is 0 Å². The molecule has 0 saturated carbocycles. The maximum atomic E-state index is 13.1. The summed E-state index contributed by atoms with van der Waals surface area (Å²) in [6.45, 7) is 3.82. The fourth-order valence-corrected chi connectivity index (χ4v) is 10.8. The predicted molar refractivity (Wildman–Crippen MR) is 309 cm³/mol. The topological polar surface area (TPSA) is 149 Å². The van der Waals surface area contributed by atoms with E-state index in [9.17, 15) is 30.3 Å². The Bertz CT molecular complexity index is 1150. The van der Waals surface area contributed by atoms with Gasteiger partial charge in [0.1, 0.15) is 24.4 Å². The van der Waals surface area contributed by atoms with Crippen LogP contribution in [0.15, 0.2) is 12.2 Å². The Morgan fingerprint density at radius 3 is 1.07 bits per heavy atom. The van der Waals surface area contributed by atoms with Gasteiger partial charge in [0.2, 0.25) is 5.91 Å². The summed E-state index contributed by atoms with van der Waals surface area (Å²) in [6, 6.07) is -0.800. The molecular formula is C64H125NO8. The van der Waals surface area contributed by atoms with Gasteiger partial charge in [0.25, 0.3) is 0 Å². The number of carbonyl (C=O) groups excluding carboxylic acids is 1. The predicted octanol–water partition coefficient (Wildman–Crippen LogP) is 16.7. The molecule has 0 radical (unpaired) electrons. The van der Waals surface area contributed by atoms with E-state index in [1.54, 1.807) is 6.08 Å². The summed E-state index contributed by atoms with van der Waals surface area (Å²) >= 11 is 0. The Morgan fingerprint density at radius 2 is 0.753 bits per heavy atom. The van der Waals surface area contributed by atoms with E-state index < -0.39 is 49.5 Å². The van der Waals surface area contributed by atoms with E-state index >= 15 is 0 Å². The molecule has 2 unspecified atom stereocenters. The summed E-state index contributed by atoms with van der Waals surface area (Å²) < 4.78 is 11.3. The lowest BCUT2D eigenvalue weighted by atomic mass is 9.99. The van der Waals surface area contributed by atoms with Crippen molar-refractivity contribution in [1.29, 1.82) is 0 Å². The van der Waals surface area contributed by atoms with Gasteiger partial charge in [0.05, 0.1) is 25.4 Å². The molecule has 0 aromatic carbocycles. The monoisotopic (exact) mass is 1040 g/mol. The van der Waals surface area contributed by atoms with Crippen molar-refractivity contribution in [3.8, 4) is 0 Å². The molecule has 0 spiro atoms. The second-order valence-electron chi connectivity index (χ2n) is 22.9. The molecule has 0 bridgehead atoms. The molecule has 0 aromatic rings. The molecule has 1 rings (SSSR count). The summed E-state index contributed by atoms with van der Waals surface area (Å²) in [7, 11) is 0. The van der Waals surface area contributed by atoms with Crippen LogP contribution in [0.25, 0.3) is 0 Å². The summed E-state index contributed by atoms with van der Waals surface area (Å²) in [5.41, 5.74) is 0. The highest BCUT2D eigenvalue weighted by Crippen LogP contribution is 2.23. The first-order valence-electron chi connectivity index (χ1n) is 32.4. The molecule has 9 nitrogen and oxygen atoms in total. The largest absolute Gasteiger partial charge is 0.394 e. The lowest BCUT2D eigenvalue weighted by Crippen LogP contribution is -2.60. The van der Waals surface area contributed by atoms with E-state index in [0.717, 1.165) is 38.5 Å². The van der Waals surface area contributed by atoms with Crippen molar-refractivity contribution in [3.63, 3.8) is 0 Å². The van der Waals surface area contributed by atoms with Gasteiger partial charge in [-0.2, -0.15) is 0 Å². The Kier molecular flexibility index (Phi) is 52.0. The molecule has 1 fully saturated rings. The number of rotatable bonds is 57. The standard InChI is InChI=1S/C64H125NO8/c1-3-5-7-9-11-13-15-17-19-20-21-22-23-24-25-26-27-28-29-30-31-32-33-34-35-36-37-38-39-40-42-44-46-48-50-52-54-60(68)65-57(56-72-64-63(71)62(70)61(69)59(55-66)73-64)58(67)53-51-49-47-45-43-41-18-16-14-12-10-8-6-4-2/h51,53,57-59,61-64,66-67,69-71H,3-50,52,54-56H2,1-2H3,(H,65,68)/b53-51+/t57-,58+,59+,61+,62?,63?,64+/m0/s1. The minimum absolute atomic E-state index is 0.169. The smallest absolute Gasteiger partial charge is 0.220 e. The second-order valence-corrected chi connectivity index (χ2v) is 22.9. The van der Waals surface area contributed by atoms with Crippen molar-refractivity contribution < 1.29 is 39.8 Å². The van der Waals surface area contributed by atoms with Gasteiger partial charge in [-0.15, -0.1) is 0 Å². The molecule has 6 N–H and O–H groups in total. The van der Waals surface area contributed by atoms with Crippen LogP contribution in [0.3, 0.4) is 0 Å². The number of hydrogen-bond donors (Lipinski definition) is 6. The third-order valence-electron chi connectivity index (χ3n) is 15.9. The van der Waals surface area contributed by atoms with Gasteiger partial charge in [-0.25, -0.2) is 0 Å². The van der Waals surface area contributed by atoms with Crippen LogP contribution >= 0.6 is 0 Å². The molecule has 0 aromatic heterocycles. The van der Waals surface area contributed by atoms with E-state index in [0.29, 0.717) is 6.42 Å². The number of allylic oxidation sites excluding steroid dienone is 1. The molecule has 1 saturated heterocycles. The Balaban J connectivity index is 2.04. The number of nitrogens with one attached hydrogen (secondary N) is 1. The van der Waals surface area contributed by atoms with Crippen LogP contribution in [0.2, 0.25) is 0 Å². The van der Waals surface area contributed by atoms with Gasteiger partial charge in [-0.05, 0) is 19.3 Å². The molecule has 1 heterocycles. The summed E-state index contributed by atoms with van der Waals surface area (Å²) in [5, 5.41) is 54.5. The molecule has 0 aliphatic carbocycles. The Hall–Kier alpha value is -1.07. The molecule has 73 heavy (non-hydrogen) atoms. The molecule has 1 amide bonds. The number of unbranched alkanes of at least 4 members (excludes halogenated alkanes) is 47. The minimum Gasteiger partial charge on any atom is -0.394 e. The molecule has 434 valence electrons. The van der Waals surface area contributed by atoms with E-state index in [4.69, 9.17) is 9.47 Å². The maximum absolute atomic E-state index is 13.1. The lowest BCUT2D eigenvalue weighted by Gasteiger charge is -2.40. The van der Waals surface area contributed by atoms with E-state index in [2.05, 4.69) is 19.2 Å². The van der Waals surface area contributed by atoms with Crippen LogP contribution in [-0.2, 0) is 14.3 Å². The van der Waals surface area contributed by atoms with E-state index in [-0.39, 0.29) is 12.5 Å². The average Bonchev–Trinajstić information content (AvgIpc) is 3.39. The lowest BCUT2D eigenvalue weighted by molar-refractivity contribution is -0.302. The normalized spacial score (nSPS) is 19.0. The van der Waals surface area contributed by atoms with Crippen molar-refractivity contribution in [2.24, 2.45) is 0 Å². The van der Waals surface area contributed by atoms with Crippen molar-refractivity contribution in [1.82, 2.24) is 5.32 Å². The molecule has 1 aliphatic heterocycles. The first-order valence-corrected chi connectivity index (χ1v) is 32.4. The summed E-state index contributed by atoms with van der Waals surface area (Å²) in [4.78, 5) is 13.1. The van der Waals surface area contributed by atoms with Gasteiger partial charge >= 0.3 is 0 Å². The highest BCUT2D eigenvalue weighted by Gasteiger charge is 2.44. The zero-order chi connectivity index (χ0) is 52.9. The number of amides is 1. The van der Waals surface area contributed by atoms with Gasteiger partial charge < -0.3 is 40.3 Å². The van der Waals surface area contributed by atoms with Gasteiger partial charge in [0.15, 0.2) is 6.29 Å². The van der Waals surface area contributed by atoms with Crippen LogP contribution in [0, 0.1) is 0 Å². The Morgan fingerprint density at radius 1 is 0.452 bits per heavy atom. The van der Waals surface area contributed by atoms with Crippen molar-refractivity contribution in [2.45, 2.75) is 378 Å². The van der Waals surface area contributed by atoms with E-state index in [1.807, 2.05) is 6.08 Å². The van der Waals surface area contributed by atoms with Crippen molar-refractivity contribution in [2.75, 3.05) is 13.2 Å². The third kappa shape index (κ3) is 43.6. The number of hydrogen-bond acceptors (Lipinski definition) is 8. The minimum atomic E-state index is -1.56. The zero-order valence-electron chi connectivity index (χ0n) is 48.4. The number of carbonyl (C=O) groups is 1. The van der Waals surface area contributed by atoms with Gasteiger partial charge in [-0.3, -0.25) is 4.79 Å². The van der Waals surface area contributed by atoms with Crippen LogP contribution in [-0.4, -0.2) is 87.5 Å². The molecule has 7 atom stereocenters. The highest BCUT2D eigenvalue weighted by atomic mass is 16.7. The van der Waals surface area contributed by atoms with E-state index in [1.165, 1.54) is 276 Å². The number of aliphatic hydroxyl groups is 5. The first kappa shape index (κ1) is 69.9. The van der Waals surface area contributed by atoms with Gasteiger partial charge in [-0.1, -0.05) is 321 Å². The van der Waals surface area contributed by atoms with Gasteiger partial charge in [0, 0.05) is 6.42 Å². The quantitative estimate of drug-likeness (QED) is 0.0261. The van der Waals surface area contributed by atoms with Crippen LogP contribution < -0.4 is 5.32 Å². The highest BCUT2D eigenvalue weighted by molar-refractivity contribution is 5.76. The Labute approximate surface area is 452 Å². The molecule has 1 aliphatic rings. The SMILES string of the molecule is CCCCCCCCCCCCCC/C=C/[C@@H](O)[C@H](CO[C@@H]1O[C@H](CO)[C@@H](O)C(O)C1O)NC(=O)CCCCCCCCCCCCCCCCCCCCCCCCCCCCCCCCCCCCCC.